The number of rotatable bonds is 56. The first-order valence-corrected chi connectivity index (χ1v) is 34.2. The van der Waals surface area contributed by atoms with Crippen LogP contribution in [0, 0.1) is 5.41 Å². The molecule has 0 unspecified atom stereocenters. The Balaban J connectivity index is -0.000000210. The van der Waals surface area contributed by atoms with E-state index in [1.54, 1.807) is 0 Å². The molecule has 0 bridgehead atoms. The van der Waals surface area contributed by atoms with E-state index in [2.05, 4.69) is 76.6 Å². The molecule has 2 radical (unpaired) electrons. The second-order valence-electron chi connectivity index (χ2n) is 22.2. The zero-order valence-corrected chi connectivity index (χ0v) is 55.6. The van der Waals surface area contributed by atoms with Gasteiger partial charge in [0.05, 0.1) is 31.8 Å². The van der Waals surface area contributed by atoms with E-state index in [1.807, 2.05) is 0 Å². The molecule has 0 atom stereocenters. The molecule has 0 aliphatic rings. The monoisotopic (exact) mass is 1200 g/mol. The van der Waals surface area contributed by atoms with Crippen LogP contribution in [0.3, 0.4) is 0 Å². The van der Waals surface area contributed by atoms with Gasteiger partial charge in [-0.05, 0) is 51.4 Å². The Morgan fingerprint density at radius 3 is 0.410 bits per heavy atom. The molecular weight excluding hydrogens is 1070 g/mol. The minimum Gasteiger partial charge on any atom is -0.867 e. The fourth-order valence-corrected chi connectivity index (χ4v) is 9.32. The zero-order valence-electron chi connectivity index (χ0n) is 51.6. The van der Waals surface area contributed by atoms with Crippen molar-refractivity contribution >= 4 is 82.6 Å². The van der Waals surface area contributed by atoms with Gasteiger partial charge in [0, 0.05) is 0 Å². The van der Waals surface area contributed by atoms with E-state index in [-0.39, 0.29) is 33.7 Å². The van der Waals surface area contributed by atoms with Crippen LogP contribution in [0.2, 0.25) is 0 Å². The minimum atomic E-state index is -1.11. The minimum absolute atomic E-state index is 0. The standard InChI is InChI=1S/4C15H30OS.C5H12O4.S/c4*1-2-3-4-5-6-7-8-9-10-11-12-13-14-15(16)17;6-1-5(2-7,3-8)4-9;/h4*2-14H2,1H3,(H,16,17);6-9H,1-4H2;/q;;;;;+4/p-4. The third-order valence-corrected chi connectivity index (χ3v) is 15.1. The van der Waals surface area contributed by atoms with E-state index < -0.39 is 31.8 Å². The number of aliphatic hydroxyl groups is 4. The summed E-state index contributed by atoms with van der Waals surface area (Å²) in [6.07, 6.45) is 66.3. The predicted octanol–water partition coefficient (Wildman–Crippen LogP) is 17.7. The van der Waals surface area contributed by atoms with E-state index in [1.165, 1.54) is 283 Å². The maximum absolute atomic E-state index is 10.5. The SMILES string of the molecule is CCCCCCCCCCCCCCC([O-])=S.CCCCCCCCCCCCCCC([O-])=S.CCCCCCCCCCCCCCC([O-])=S.CCCCCCCCCCCCCCC([O-])=S.OCC(CO)(CO)CO.[S+4]. The summed E-state index contributed by atoms with van der Waals surface area (Å²) in [5.74, 6) is 0. The normalized spacial score (nSPS) is 10.7. The molecule has 0 saturated heterocycles. The molecule has 0 aromatic heterocycles. The molecule has 466 valence electrons. The molecule has 0 heterocycles. The summed E-state index contributed by atoms with van der Waals surface area (Å²) in [6.45, 7) is 7.43. The Morgan fingerprint density at radius 2 is 0.333 bits per heavy atom. The number of thiocarbonyl (C=S) groups is 4. The van der Waals surface area contributed by atoms with Crippen LogP contribution in [0.25, 0.3) is 0 Å². The van der Waals surface area contributed by atoms with Crippen molar-refractivity contribution in [2.45, 2.75) is 362 Å². The maximum atomic E-state index is 10.5. The van der Waals surface area contributed by atoms with Crippen LogP contribution in [0.15, 0.2) is 0 Å². The Morgan fingerprint density at radius 1 is 0.231 bits per heavy atom. The van der Waals surface area contributed by atoms with Gasteiger partial charge in [-0.15, -0.1) is 48.9 Å². The third-order valence-electron chi connectivity index (χ3n) is 14.3. The van der Waals surface area contributed by atoms with Crippen LogP contribution < -0.4 is 20.4 Å². The van der Waals surface area contributed by atoms with Crippen molar-refractivity contribution in [2.75, 3.05) is 26.4 Å². The van der Waals surface area contributed by atoms with E-state index in [4.69, 9.17) is 20.4 Å². The van der Waals surface area contributed by atoms with E-state index in [9.17, 15) is 20.4 Å². The van der Waals surface area contributed by atoms with Gasteiger partial charge < -0.3 is 40.9 Å². The molecule has 0 saturated carbocycles. The van der Waals surface area contributed by atoms with E-state index in [0.29, 0.717) is 25.7 Å². The average molecular weight is 1200 g/mol. The average Bonchev–Trinajstić information content (AvgIpc) is 3.41. The summed E-state index contributed by atoms with van der Waals surface area (Å²) < 4.78 is 0. The molecule has 0 aliphatic heterocycles. The van der Waals surface area contributed by atoms with Crippen molar-refractivity contribution in [1.82, 2.24) is 0 Å². The quantitative estimate of drug-likeness (QED) is 0.0336. The summed E-state index contributed by atoms with van der Waals surface area (Å²) in [5.41, 5.74) is -1.11. The Kier molecular flexibility index (Phi) is 92.4. The summed E-state index contributed by atoms with van der Waals surface area (Å²) in [5, 5.41) is 75.9. The summed E-state index contributed by atoms with van der Waals surface area (Å²) >= 11 is 18.1. The van der Waals surface area contributed by atoms with Crippen LogP contribution in [-0.4, -0.2) is 67.1 Å². The van der Waals surface area contributed by atoms with Crippen molar-refractivity contribution in [3.8, 4) is 0 Å². The molecule has 0 aliphatic carbocycles. The van der Waals surface area contributed by atoms with Gasteiger partial charge in [-0.1, -0.05) is 330 Å². The molecule has 13 heteroatoms. The Hall–Kier alpha value is -0.250. The molecular formula is C65H128O8S5. The fourth-order valence-electron chi connectivity index (χ4n) is 8.74. The predicted molar refractivity (Wildman–Crippen MR) is 352 cm³/mol. The van der Waals surface area contributed by atoms with E-state index >= 15 is 0 Å². The van der Waals surface area contributed by atoms with Crippen LogP contribution >= 0.6 is 62.4 Å². The Bertz CT molecular complexity index is 977. The van der Waals surface area contributed by atoms with Gasteiger partial charge in [-0.2, -0.15) is 0 Å². The van der Waals surface area contributed by atoms with Crippen LogP contribution in [-0.2, 0) is 0 Å². The molecule has 4 N–H and O–H groups in total. The van der Waals surface area contributed by atoms with Gasteiger partial charge >= 0.3 is 13.5 Å². The van der Waals surface area contributed by atoms with Crippen LogP contribution in [0.1, 0.15) is 362 Å². The third kappa shape index (κ3) is 92.2. The number of unbranched alkanes of at least 4 members (excludes halogenated alkanes) is 44. The smallest absolute Gasteiger partial charge is 0.867 e. The molecule has 0 fully saturated rings. The van der Waals surface area contributed by atoms with Gasteiger partial charge in [0.1, 0.15) is 0 Å². The number of hydrogen-bond donors (Lipinski definition) is 4. The number of aliphatic hydroxyl groups excluding tert-OH is 4. The Labute approximate surface area is 513 Å². The van der Waals surface area contributed by atoms with Crippen LogP contribution in [0.5, 0.6) is 0 Å². The second kappa shape index (κ2) is 81.0. The van der Waals surface area contributed by atoms with E-state index in [0.717, 1.165) is 25.7 Å². The van der Waals surface area contributed by atoms with Crippen molar-refractivity contribution in [2.24, 2.45) is 5.41 Å². The second-order valence-corrected chi connectivity index (χ2v) is 24.0. The summed E-state index contributed by atoms with van der Waals surface area (Å²) in [4.78, 5) is 0. The molecule has 0 spiro atoms. The molecule has 0 aromatic rings. The first-order valence-electron chi connectivity index (χ1n) is 32.6. The summed E-state index contributed by atoms with van der Waals surface area (Å²) in [7, 11) is 0. The van der Waals surface area contributed by atoms with Crippen molar-refractivity contribution in [1.29, 1.82) is 0 Å². The first-order chi connectivity index (χ1) is 37.3. The van der Waals surface area contributed by atoms with Crippen molar-refractivity contribution < 1.29 is 40.9 Å². The zero-order chi connectivity index (χ0) is 58.4. The number of hydrogen-bond acceptors (Lipinski definition) is 12. The van der Waals surface area contributed by atoms with Gasteiger partial charge in [-0.3, -0.25) is 0 Å². The molecule has 0 aromatic carbocycles. The topological polar surface area (TPSA) is 173 Å². The van der Waals surface area contributed by atoms with Gasteiger partial charge in [0.25, 0.3) is 0 Å². The molecule has 0 amide bonds. The van der Waals surface area contributed by atoms with Gasteiger partial charge in [0.2, 0.25) is 0 Å². The van der Waals surface area contributed by atoms with Crippen molar-refractivity contribution in [3.05, 3.63) is 0 Å². The van der Waals surface area contributed by atoms with Gasteiger partial charge in [0.15, 0.2) is 0 Å². The van der Waals surface area contributed by atoms with Crippen molar-refractivity contribution in [3.63, 3.8) is 0 Å². The largest absolute Gasteiger partial charge is 4.00 e. The van der Waals surface area contributed by atoms with Crippen LogP contribution in [0.4, 0.5) is 0 Å². The molecule has 8 nitrogen and oxygen atoms in total. The van der Waals surface area contributed by atoms with Gasteiger partial charge in [-0.25, -0.2) is 0 Å². The molecule has 78 heavy (non-hydrogen) atoms. The first kappa shape index (κ1) is 89.0. The molecule has 0 rings (SSSR count). The maximum Gasteiger partial charge on any atom is 4.00 e. The summed E-state index contributed by atoms with van der Waals surface area (Å²) in [6, 6.07) is 0. The fraction of sp³-hybridized carbons (Fsp3) is 0.938.